The Morgan fingerprint density at radius 2 is 2.00 bits per heavy atom. The molecule has 1 saturated heterocycles. The highest BCUT2D eigenvalue weighted by Gasteiger charge is 2.48. The molecular weight excluding hydrogens is 190 g/mol. The average Bonchev–Trinajstić information content (AvgIpc) is 2.68. The fourth-order valence-electron chi connectivity index (χ4n) is 2.71. The predicted molar refractivity (Wildman–Crippen MR) is 54.7 cm³/mol. The number of carbonyl (C=O) groups is 2. The Hall–Kier alpha value is -1.64. The van der Waals surface area contributed by atoms with Crippen LogP contribution in [0, 0.1) is 0 Å². The zero-order valence-electron chi connectivity index (χ0n) is 8.43. The lowest BCUT2D eigenvalue weighted by Gasteiger charge is -2.16. The second-order valence-corrected chi connectivity index (χ2v) is 4.21. The van der Waals surface area contributed by atoms with Crippen LogP contribution in [-0.4, -0.2) is 29.7 Å². The number of likely N-dealkylation sites (tertiary alicyclic amines) is 1. The fourth-order valence-corrected chi connectivity index (χ4v) is 2.71. The number of amides is 1. The molecule has 3 heteroatoms. The number of nitrogens with zero attached hydrogens (tertiary/aromatic N) is 1. The highest BCUT2D eigenvalue weighted by atomic mass is 16.2. The van der Waals surface area contributed by atoms with Crippen LogP contribution >= 0.6 is 0 Å². The lowest BCUT2D eigenvalue weighted by molar-refractivity contribution is -0.127. The molecule has 0 radical (unpaired) electrons. The molecule has 1 fully saturated rings. The minimum Gasteiger partial charge on any atom is -0.335 e. The summed E-state index contributed by atoms with van der Waals surface area (Å²) in [5.41, 5.74) is 1.84. The van der Waals surface area contributed by atoms with Gasteiger partial charge in [-0.05, 0) is 5.56 Å². The number of fused-ring (bicyclic) bond motifs is 3. The molecule has 0 unspecified atom stereocenters. The van der Waals surface area contributed by atoms with Crippen LogP contribution < -0.4 is 0 Å². The second-order valence-electron chi connectivity index (χ2n) is 4.21. The molecule has 1 aromatic carbocycles. The first-order chi connectivity index (χ1) is 7.20. The molecule has 1 aliphatic heterocycles. The SMILES string of the molecule is CN1C(=O)C[C@@H]2c3ccccc3C(=O)[C@@H]21. The molecule has 76 valence electrons. The van der Waals surface area contributed by atoms with Crippen molar-refractivity contribution in [1.82, 2.24) is 4.90 Å². The van der Waals surface area contributed by atoms with Crippen molar-refractivity contribution in [3.05, 3.63) is 35.4 Å². The molecule has 0 aromatic heterocycles. The summed E-state index contributed by atoms with van der Waals surface area (Å²) < 4.78 is 0. The zero-order chi connectivity index (χ0) is 10.6. The number of carbonyl (C=O) groups excluding carboxylic acids is 2. The smallest absolute Gasteiger partial charge is 0.223 e. The molecule has 2 aliphatic rings. The van der Waals surface area contributed by atoms with E-state index in [-0.39, 0.29) is 23.7 Å². The van der Waals surface area contributed by atoms with Crippen LogP contribution in [0.15, 0.2) is 24.3 Å². The Bertz CT molecular complexity index is 466. The van der Waals surface area contributed by atoms with Crippen molar-refractivity contribution in [3.63, 3.8) is 0 Å². The predicted octanol–water partition coefficient (Wildman–Crippen LogP) is 1.20. The number of hydrogen-bond acceptors (Lipinski definition) is 2. The average molecular weight is 201 g/mol. The van der Waals surface area contributed by atoms with Gasteiger partial charge in [0.15, 0.2) is 5.78 Å². The molecule has 0 spiro atoms. The van der Waals surface area contributed by atoms with Crippen molar-refractivity contribution in [2.75, 3.05) is 7.05 Å². The number of rotatable bonds is 0. The quantitative estimate of drug-likeness (QED) is 0.632. The van der Waals surface area contributed by atoms with Gasteiger partial charge in [-0.1, -0.05) is 24.3 Å². The summed E-state index contributed by atoms with van der Waals surface area (Å²) in [5.74, 6) is 0.267. The van der Waals surface area contributed by atoms with E-state index in [0.29, 0.717) is 6.42 Å². The number of benzene rings is 1. The van der Waals surface area contributed by atoms with Crippen LogP contribution in [0.3, 0.4) is 0 Å². The fraction of sp³-hybridized carbons (Fsp3) is 0.333. The molecule has 2 atom stereocenters. The third kappa shape index (κ3) is 0.950. The van der Waals surface area contributed by atoms with Gasteiger partial charge in [-0.3, -0.25) is 9.59 Å². The Morgan fingerprint density at radius 1 is 1.27 bits per heavy atom. The Kier molecular flexibility index (Phi) is 1.55. The van der Waals surface area contributed by atoms with Crippen LogP contribution in [-0.2, 0) is 4.79 Å². The highest BCUT2D eigenvalue weighted by molar-refractivity contribution is 6.09. The molecule has 0 bridgehead atoms. The van der Waals surface area contributed by atoms with Gasteiger partial charge < -0.3 is 4.90 Å². The van der Waals surface area contributed by atoms with Gasteiger partial charge >= 0.3 is 0 Å². The lowest BCUT2D eigenvalue weighted by atomic mass is 9.98. The first kappa shape index (κ1) is 8.65. The maximum atomic E-state index is 12.0. The summed E-state index contributed by atoms with van der Waals surface area (Å²) in [5, 5.41) is 0. The van der Waals surface area contributed by atoms with E-state index in [9.17, 15) is 9.59 Å². The third-order valence-corrected chi connectivity index (χ3v) is 3.48. The molecule has 0 N–H and O–H groups in total. The molecule has 0 saturated carbocycles. The normalized spacial score (nSPS) is 28.2. The Morgan fingerprint density at radius 3 is 2.80 bits per heavy atom. The maximum Gasteiger partial charge on any atom is 0.223 e. The van der Waals surface area contributed by atoms with Crippen molar-refractivity contribution in [1.29, 1.82) is 0 Å². The van der Waals surface area contributed by atoms with Gasteiger partial charge in [-0.15, -0.1) is 0 Å². The molecule has 3 rings (SSSR count). The highest BCUT2D eigenvalue weighted by Crippen LogP contribution is 2.42. The summed E-state index contributed by atoms with van der Waals surface area (Å²) in [6.45, 7) is 0. The maximum absolute atomic E-state index is 12.0. The van der Waals surface area contributed by atoms with Gasteiger partial charge in [0.1, 0.15) is 6.04 Å². The van der Waals surface area contributed by atoms with E-state index in [1.54, 1.807) is 11.9 Å². The van der Waals surface area contributed by atoms with Gasteiger partial charge in [0.2, 0.25) is 5.91 Å². The number of ketones is 1. The molecule has 1 aromatic rings. The van der Waals surface area contributed by atoms with Crippen molar-refractivity contribution < 1.29 is 9.59 Å². The molecule has 1 aliphatic carbocycles. The van der Waals surface area contributed by atoms with Gasteiger partial charge in [0.25, 0.3) is 0 Å². The van der Waals surface area contributed by atoms with Crippen LogP contribution in [0.2, 0.25) is 0 Å². The van der Waals surface area contributed by atoms with Crippen LogP contribution in [0.4, 0.5) is 0 Å². The van der Waals surface area contributed by atoms with E-state index in [1.807, 2.05) is 24.3 Å². The van der Waals surface area contributed by atoms with E-state index < -0.39 is 0 Å². The van der Waals surface area contributed by atoms with Crippen LogP contribution in [0.1, 0.15) is 28.3 Å². The van der Waals surface area contributed by atoms with Crippen molar-refractivity contribution >= 4 is 11.7 Å². The summed E-state index contributed by atoms with van der Waals surface area (Å²) in [6.07, 6.45) is 0.476. The summed E-state index contributed by atoms with van der Waals surface area (Å²) in [6, 6.07) is 7.38. The monoisotopic (exact) mass is 201 g/mol. The lowest BCUT2D eigenvalue weighted by Crippen LogP contribution is -2.34. The molecule has 3 nitrogen and oxygen atoms in total. The second kappa shape index (κ2) is 2.69. The van der Waals surface area contributed by atoms with Gasteiger partial charge in [-0.25, -0.2) is 0 Å². The number of likely N-dealkylation sites (N-methyl/N-ethyl adjacent to an activating group) is 1. The number of Topliss-reactive ketones (excluding diaryl/α,β-unsaturated/α-hetero) is 1. The molecule has 1 amide bonds. The Balaban J connectivity index is 2.16. The van der Waals surface area contributed by atoms with E-state index in [2.05, 4.69) is 0 Å². The van der Waals surface area contributed by atoms with Gasteiger partial charge in [-0.2, -0.15) is 0 Å². The standard InChI is InChI=1S/C12H11NO2/c1-13-10(14)6-9-7-4-2-3-5-8(7)12(15)11(9)13/h2-5,9,11H,6H2,1H3/t9-,11-/m1/s1. The zero-order valence-corrected chi connectivity index (χ0v) is 8.43. The summed E-state index contributed by atoms with van der Waals surface area (Å²) in [7, 11) is 1.72. The minimum absolute atomic E-state index is 0.0767. The summed E-state index contributed by atoms with van der Waals surface area (Å²) in [4.78, 5) is 25.1. The topological polar surface area (TPSA) is 37.4 Å². The van der Waals surface area contributed by atoms with Gasteiger partial charge in [0.05, 0.1) is 0 Å². The van der Waals surface area contributed by atoms with Crippen molar-refractivity contribution in [2.24, 2.45) is 0 Å². The van der Waals surface area contributed by atoms with Crippen LogP contribution in [0.5, 0.6) is 0 Å². The van der Waals surface area contributed by atoms with E-state index >= 15 is 0 Å². The molecule has 1 heterocycles. The van der Waals surface area contributed by atoms with E-state index in [0.717, 1.165) is 11.1 Å². The summed E-state index contributed by atoms with van der Waals surface area (Å²) >= 11 is 0. The molecule has 15 heavy (non-hydrogen) atoms. The van der Waals surface area contributed by atoms with Crippen molar-refractivity contribution in [3.8, 4) is 0 Å². The number of hydrogen-bond donors (Lipinski definition) is 0. The largest absolute Gasteiger partial charge is 0.335 e. The van der Waals surface area contributed by atoms with Crippen molar-refractivity contribution in [2.45, 2.75) is 18.4 Å². The minimum atomic E-state index is -0.241. The van der Waals surface area contributed by atoms with Gasteiger partial charge in [0, 0.05) is 24.9 Å². The first-order valence-electron chi connectivity index (χ1n) is 5.09. The first-order valence-corrected chi connectivity index (χ1v) is 5.09. The Labute approximate surface area is 87.7 Å². The van der Waals surface area contributed by atoms with E-state index in [4.69, 9.17) is 0 Å². The third-order valence-electron chi connectivity index (χ3n) is 3.48. The molecular formula is C12H11NO2. The van der Waals surface area contributed by atoms with Crippen LogP contribution in [0.25, 0.3) is 0 Å². The van der Waals surface area contributed by atoms with E-state index in [1.165, 1.54) is 0 Å².